The van der Waals surface area contributed by atoms with Crippen LogP contribution in [0.3, 0.4) is 0 Å². The summed E-state index contributed by atoms with van der Waals surface area (Å²) in [5.74, 6) is 0.185. The van der Waals surface area contributed by atoms with Crippen LogP contribution in [0.5, 0.6) is 0 Å². The molecule has 1 aliphatic heterocycles. The molecule has 1 aliphatic rings. The Morgan fingerprint density at radius 3 is 1.77 bits per heavy atom. The molecule has 1 atom stereocenters. The van der Waals surface area contributed by atoms with Gasteiger partial charge in [-0.15, -0.1) is 0 Å². The van der Waals surface area contributed by atoms with Gasteiger partial charge in [-0.3, -0.25) is 9.80 Å². The zero-order valence-corrected chi connectivity index (χ0v) is 30.8. The maximum atomic E-state index is 11.7. The van der Waals surface area contributed by atoms with Crippen molar-refractivity contribution in [3.05, 3.63) is 11.5 Å². The minimum atomic E-state index is -1.28. The molecule has 5 amide bonds. The number of hydrogen-bond donors (Lipinski definition) is 7. The first-order chi connectivity index (χ1) is 24.9. The fraction of sp³-hybridized carbons (Fsp3) is 0.781. The van der Waals surface area contributed by atoms with E-state index < -0.39 is 30.0 Å². The minimum absolute atomic E-state index is 0.185. The standard InChI is InChI=1S/C32H60N8O12/c1-32(2,3)52-31(45)38-29(42)36-11-7-15-49-19-23-51-21-17-47-13-5-9-26-27(33)37-25(28(34)40(26)39-30(43)44)8-4-12-46-16-20-50-22-18-48-14-6-10-35-24-41/h24,28,39H,4-23,33-34H2,1-3H3,(H,35,41)(H,43,44)(H2,36,38,42,45). The van der Waals surface area contributed by atoms with Crippen LogP contribution in [0.25, 0.3) is 0 Å². The number of rotatable bonds is 30. The third kappa shape index (κ3) is 24.4. The second-order valence-electron chi connectivity index (χ2n) is 12.2. The van der Waals surface area contributed by atoms with Crippen molar-refractivity contribution in [1.82, 2.24) is 26.4 Å². The topological polar surface area (TPSA) is 269 Å². The number of imide groups is 1. The highest BCUT2D eigenvalue weighted by molar-refractivity contribution is 5.91. The molecular weight excluding hydrogens is 688 g/mol. The number of hydrogen-bond acceptors (Lipinski definition) is 15. The van der Waals surface area contributed by atoms with E-state index in [1.54, 1.807) is 20.8 Å². The lowest BCUT2D eigenvalue weighted by atomic mass is 10.1. The van der Waals surface area contributed by atoms with E-state index in [2.05, 4.69) is 26.4 Å². The Bertz CT molecular complexity index is 1090. The van der Waals surface area contributed by atoms with Crippen LogP contribution in [-0.4, -0.2) is 145 Å². The third-order valence-electron chi connectivity index (χ3n) is 6.66. The maximum absolute atomic E-state index is 11.7. The van der Waals surface area contributed by atoms with E-state index in [1.165, 1.54) is 5.01 Å². The van der Waals surface area contributed by atoms with Crippen molar-refractivity contribution in [2.75, 3.05) is 92.4 Å². The van der Waals surface area contributed by atoms with Gasteiger partial charge in [0, 0.05) is 39.5 Å². The summed E-state index contributed by atoms with van der Waals surface area (Å²) < 4.78 is 38.0. The number of aliphatic imine (C=N–C) groups is 1. The molecule has 0 saturated heterocycles. The first-order valence-electron chi connectivity index (χ1n) is 17.5. The van der Waals surface area contributed by atoms with E-state index in [9.17, 15) is 24.3 Å². The molecule has 1 unspecified atom stereocenters. The van der Waals surface area contributed by atoms with E-state index in [-0.39, 0.29) is 5.82 Å². The lowest BCUT2D eigenvalue weighted by Crippen LogP contribution is -2.57. The molecule has 20 nitrogen and oxygen atoms in total. The first-order valence-corrected chi connectivity index (χ1v) is 17.5. The number of urea groups is 1. The number of nitrogens with zero attached hydrogens (tertiary/aromatic N) is 2. The highest BCUT2D eigenvalue weighted by atomic mass is 16.6. The molecule has 300 valence electrons. The van der Waals surface area contributed by atoms with Crippen molar-refractivity contribution in [3.63, 3.8) is 0 Å². The van der Waals surface area contributed by atoms with Gasteiger partial charge in [-0.1, -0.05) is 0 Å². The summed E-state index contributed by atoms with van der Waals surface area (Å²) >= 11 is 0. The molecule has 0 fully saturated rings. The number of nitrogens with two attached hydrogens (primary N) is 2. The number of carbonyl (C=O) groups is 4. The molecule has 1 rings (SSSR count). The monoisotopic (exact) mass is 748 g/mol. The van der Waals surface area contributed by atoms with Gasteiger partial charge in [0.1, 0.15) is 17.6 Å². The average molecular weight is 749 g/mol. The Labute approximate surface area is 305 Å². The van der Waals surface area contributed by atoms with Gasteiger partial charge in [0.05, 0.1) is 64.3 Å². The van der Waals surface area contributed by atoms with E-state index >= 15 is 0 Å². The highest BCUT2D eigenvalue weighted by Gasteiger charge is 2.29. The molecule has 0 aromatic rings. The summed E-state index contributed by atoms with van der Waals surface area (Å²) in [5.41, 5.74) is 15.2. The summed E-state index contributed by atoms with van der Waals surface area (Å²) in [7, 11) is 0. The maximum Gasteiger partial charge on any atom is 0.423 e. The Hall–Kier alpha value is -3.79. The Balaban J connectivity index is 2.17. The number of ether oxygens (including phenoxy) is 7. The van der Waals surface area contributed by atoms with Gasteiger partial charge < -0.3 is 60.4 Å². The van der Waals surface area contributed by atoms with Crippen LogP contribution in [-0.2, 0) is 38.0 Å². The van der Waals surface area contributed by atoms with Crippen LogP contribution in [0, 0.1) is 0 Å². The molecule has 9 N–H and O–H groups in total. The molecule has 0 aromatic heterocycles. The van der Waals surface area contributed by atoms with Crippen molar-refractivity contribution in [2.45, 2.75) is 71.1 Å². The van der Waals surface area contributed by atoms with E-state index in [1.807, 2.05) is 0 Å². The zero-order valence-electron chi connectivity index (χ0n) is 30.8. The zero-order chi connectivity index (χ0) is 38.5. The average Bonchev–Trinajstić information content (AvgIpc) is 3.06. The van der Waals surface area contributed by atoms with Gasteiger partial charge in [-0.25, -0.2) is 30.1 Å². The summed E-state index contributed by atoms with van der Waals surface area (Å²) in [6.07, 6.45) is 1.03. The largest absolute Gasteiger partial charge is 0.464 e. The van der Waals surface area contributed by atoms with Gasteiger partial charge in [0.15, 0.2) is 0 Å². The minimum Gasteiger partial charge on any atom is -0.464 e. The number of allylic oxidation sites excluding steroid dienone is 1. The number of carboxylic acid groups (broad SMARTS) is 1. The van der Waals surface area contributed by atoms with Crippen LogP contribution < -0.4 is 32.8 Å². The van der Waals surface area contributed by atoms with Gasteiger partial charge in [0.2, 0.25) is 6.41 Å². The molecule has 0 aromatic carbocycles. The normalized spacial score (nSPS) is 14.5. The van der Waals surface area contributed by atoms with Crippen molar-refractivity contribution in [1.29, 1.82) is 0 Å². The molecule has 0 saturated carbocycles. The van der Waals surface area contributed by atoms with E-state index in [0.717, 1.165) is 6.42 Å². The Kier molecular flexibility index (Phi) is 25.6. The van der Waals surface area contributed by atoms with Crippen molar-refractivity contribution < 1.29 is 57.4 Å². The molecule has 1 heterocycles. The second-order valence-corrected chi connectivity index (χ2v) is 12.2. The quantitative estimate of drug-likeness (QED) is 0.0395. The van der Waals surface area contributed by atoms with Gasteiger partial charge in [0.25, 0.3) is 0 Å². The van der Waals surface area contributed by atoms with Crippen LogP contribution in [0.4, 0.5) is 14.4 Å². The van der Waals surface area contributed by atoms with E-state index in [4.69, 9.17) is 44.6 Å². The van der Waals surface area contributed by atoms with Crippen LogP contribution >= 0.6 is 0 Å². The number of carbonyl (C=O) groups excluding carboxylic acids is 3. The lowest BCUT2D eigenvalue weighted by molar-refractivity contribution is -0.109. The predicted molar refractivity (Wildman–Crippen MR) is 189 cm³/mol. The third-order valence-corrected chi connectivity index (χ3v) is 6.66. The summed E-state index contributed by atoms with van der Waals surface area (Å²) in [5, 5.41) is 17.9. The SMILES string of the molecule is CC(C)(C)OC(=O)NC(=O)NCCCOCCOCCOCCCC1=C(N)N=C(CCCOCCOCCOCCCNC=O)C(N)N1NC(=O)O. The van der Waals surface area contributed by atoms with E-state index in [0.29, 0.717) is 142 Å². The highest BCUT2D eigenvalue weighted by Crippen LogP contribution is 2.21. The summed E-state index contributed by atoms with van der Waals surface area (Å²) in [6, 6.07) is -0.637. The van der Waals surface area contributed by atoms with Gasteiger partial charge in [-0.2, -0.15) is 0 Å². The van der Waals surface area contributed by atoms with Crippen molar-refractivity contribution in [2.24, 2.45) is 16.5 Å². The van der Waals surface area contributed by atoms with Crippen molar-refractivity contribution in [3.8, 4) is 0 Å². The van der Waals surface area contributed by atoms with Gasteiger partial charge >= 0.3 is 18.2 Å². The van der Waals surface area contributed by atoms with Gasteiger partial charge in [-0.05, 0) is 59.3 Å². The number of nitrogens with one attached hydrogen (secondary N) is 4. The van der Waals surface area contributed by atoms with Crippen LogP contribution in [0.1, 0.15) is 59.3 Å². The Morgan fingerprint density at radius 1 is 0.788 bits per heavy atom. The number of amides is 5. The fourth-order valence-electron chi connectivity index (χ4n) is 4.35. The molecule has 0 bridgehead atoms. The molecule has 0 radical (unpaired) electrons. The molecular formula is C32H60N8O12. The number of hydrazine groups is 1. The fourth-order valence-corrected chi connectivity index (χ4v) is 4.35. The first kappa shape index (κ1) is 46.2. The molecule has 0 aliphatic carbocycles. The Morgan fingerprint density at radius 2 is 1.27 bits per heavy atom. The van der Waals surface area contributed by atoms with Crippen LogP contribution in [0.15, 0.2) is 16.5 Å². The predicted octanol–water partition coefficient (Wildman–Crippen LogP) is 0.759. The number of alkyl carbamates (subject to hydrolysis) is 1. The smallest absolute Gasteiger partial charge is 0.423 e. The second kappa shape index (κ2) is 28.8. The lowest BCUT2D eigenvalue weighted by Gasteiger charge is -2.36. The van der Waals surface area contributed by atoms with Crippen molar-refractivity contribution >= 4 is 30.3 Å². The summed E-state index contributed by atoms with van der Waals surface area (Å²) in [6.45, 7) is 11.0. The summed E-state index contributed by atoms with van der Waals surface area (Å²) in [4.78, 5) is 49.3. The molecule has 20 heteroatoms. The molecule has 0 spiro atoms. The van der Waals surface area contributed by atoms with Crippen LogP contribution in [0.2, 0.25) is 0 Å². The molecule has 52 heavy (non-hydrogen) atoms.